The van der Waals surface area contributed by atoms with E-state index in [-0.39, 0.29) is 11.8 Å². The molecule has 2 aromatic carbocycles. The molecular formula is C21H24N4O3S. The summed E-state index contributed by atoms with van der Waals surface area (Å²) < 4.78 is 28.9. The third kappa shape index (κ3) is 3.77. The zero-order valence-corrected chi connectivity index (χ0v) is 17.1. The van der Waals surface area contributed by atoms with Crippen molar-refractivity contribution in [2.45, 2.75) is 31.2 Å². The summed E-state index contributed by atoms with van der Waals surface area (Å²) in [5, 5.41) is 2.95. The van der Waals surface area contributed by atoms with Crippen molar-refractivity contribution in [1.29, 1.82) is 0 Å². The highest BCUT2D eigenvalue weighted by atomic mass is 32.2. The molecule has 0 bridgehead atoms. The lowest BCUT2D eigenvalue weighted by Gasteiger charge is -2.30. The minimum absolute atomic E-state index is 0.105. The Balaban J connectivity index is 1.44. The molecule has 1 aliphatic rings. The summed E-state index contributed by atoms with van der Waals surface area (Å²) in [6, 6.07) is 16.2. The zero-order valence-electron chi connectivity index (χ0n) is 16.3. The van der Waals surface area contributed by atoms with Crippen LogP contribution in [-0.4, -0.2) is 41.3 Å². The number of nitrogens with zero attached hydrogens (tertiary/aromatic N) is 3. The maximum atomic E-state index is 12.8. The van der Waals surface area contributed by atoms with Crippen LogP contribution in [0, 0.1) is 5.92 Å². The Hall–Kier alpha value is -2.71. The summed E-state index contributed by atoms with van der Waals surface area (Å²) in [5.74, 6) is 0.201. The number of carbonyl (C=O) groups is 1. The molecule has 1 N–H and O–H groups in total. The molecule has 0 aliphatic carbocycles. The molecule has 3 aromatic rings. The maximum absolute atomic E-state index is 12.8. The standard InChI is InChI=1S/C21H24N4O3S/c1-2-25-19-11-7-6-10-18(19)22-21(25)23-20(26)16-12-14-24(15-13-16)29(27,28)17-8-4-3-5-9-17/h3-11,16H,2,12-15H2,1H3,(H,22,23,26). The van der Waals surface area contributed by atoms with Crippen molar-refractivity contribution in [1.82, 2.24) is 13.9 Å². The van der Waals surface area contributed by atoms with E-state index in [9.17, 15) is 13.2 Å². The highest BCUT2D eigenvalue weighted by Crippen LogP contribution is 2.26. The number of amides is 1. The Kier molecular flexibility index (Phi) is 5.38. The summed E-state index contributed by atoms with van der Waals surface area (Å²) in [4.78, 5) is 17.6. The van der Waals surface area contributed by atoms with Crippen LogP contribution in [0.15, 0.2) is 59.5 Å². The number of imidazole rings is 1. The number of sulfonamides is 1. The number of anilines is 1. The van der Waals surface area contributed by atoms with Gasteiger partial charge in [-0.1, -0.05) is 30.3 Å². The van der Waals surface area contributed by atoms with Gasteiger partial charge in [0, 0.05) is 25.6 Å². The van der Waals surface area contributed by atoms with E-state index >= 15 is 0 Å². The monoisotopic (exact) mass is 412 g/mol. The Morgan fingerprint density at radius 3 is 2.41 bits per heavy atom. The summed E-state index contributed by atoms with van der Waals surface area (Å²) in [5.41, 5.74) is 1.82. The molecule has 29 heavy (non-hydrogen) atoms. The van der Waals surface area contributed by atoms with Gasteiger partial charge in [-0.15, -0.1) is 0 Å². The predicted molar refractivity (Wildman–Crippen MR) is 112 cm³/mol. The number of hydrogen-bond acceptors (Lipinski definition) is 4. The zero-order chi connectivity index (χ0) is 20.4. The molecule has 1 aliphatic heterocycles. The normalized spacial score (nSPS) is 16.2. The van der Waals surface area contributed by atoms with Crippen molar-refractivity contribution in [3.8, 4) is 0 Å². The van der Waals surface area contributed by atoms with E-state index in [1.807, 2.05) is 35.8 Å². The van der Waals surface area contributed by atoms with Crippen LogP contribution >= 0.6 is 0 Å². The molecule has 152 valence electrons. The molecule has 0 radical (unpaired) electrons. The number of para-hydroxylation sites is 2. The molecule has 1 saturated heterocycles. The topological polar surface area (TPSA) is 84.3 Å². The summed E-state index contributed by atoms with van der Waals surface area (Å²) in [6.45, 7) is 3.37. The van der Waals surface area contributed by atoms with Crippen LogP contribution < -0.4 is 5.32 Å². The molecule has 7 nitrogen and oxygen atoms in total. The lowest BCUT2D eigenvalue weighted by molar-refractivity contribution is -0.121. The van der Waals surface area contributed by atoms with Gasteiger partial charge in [0.05, 0.1) is 15.9 Å². The summed E-state index contributed by atoms with van der Waals surface area (Å²) in [6.07, 6.45) is 0.981. The van der Waals surface area contributed by atoms with Crippen molar-refractivity contribution in [3.63, 3.8) is 0 Å². The third-order valence-electron chi connectivity index (χ3n) is 5.41. The second-order valence-electron chi connectivity index (χ2n) is 7.15. The van der Waals surface area contributed by atoms with Gasteiger partial charge in [0.1, 0.15) is 0 Å². The van der Waals surface area contributed by atoms with E-state index in [1.165, 1.54) is 4.31 Å². The number of aromatic nitrogens is 2. The van der Waals surface area contributed by atoms with E-state index < -0.39 is 10.0 Å². The van der Waals surface area contributed by atoms with Gasteiger partial charge in [-0.2, -0.15) is 4.31 Å². The van der Waals surface area contributed by atoms with Gasteiger partial charge in [0.2, 0.25) is 21.9 Å². The molecule has 1 amide bonds. The Morgan fingerprint density at radius 1 is 1.07 bits per heavy atom. The first-order chi connectivity index (χ1) is 14.0. The molecular weight excluding hydrogens is 388 g/mol. The minimum atomic E-state index is -3.51. The number of benzene rings is 2. The van der Waals surface area contributed by atoms with E-state index in [2.05, 4.69) is 10.3 Å². The van der Waals surface area contributed by atoms with Gasteiger partial charge in [0.25, 0.3) is 0 Å². The molecule has 0 atom stereocenters. The number of carbonyl (C=O) groups excluding carboxylic acids is 1. The molecule has 0 saturated carbocycles. The molecule has 1 fully saturated rings. The third-order valence-corrected chi connectivity index (χ3v) is 7.32. The highest BCUT2D eigenvalue weighted by molar-refractivity contribution is 7.89. The van der Waals surface area contributed by atoms with Crippen LogP contribution in [0.4, 0.5) is 5.95 Å². The molecule has 1 aromatic heterocycles. The quantitative estimate of drug-likeness (QED) is 0.698. The minimum Gasteiger partial charge on any atom is -0.310 e. The van der Waals surface area contributed by atoms with Crippen LogP contribution in [0.3, 0.4) is 0 Å². The number of fused-ring (bicyclic) bond motifs is 1. The number of rotatable bonds is 5. The van der Waals surface area contributed by atoms with Gasteiger partial charge < -0.3 is 4.57 Å². The molecule has 2 heterocycles. The van der Waals surface area contributed by atoms with Gasteiger partial charge in [0.15, 0.2) is 0 Å². The lowest BCUT2D eigenvalue weighted by atomic mass is 9.97. The number of nitrogens with one attached hydrogen (secondary N) is 1. The Morgan fingerprint density at radius 2 is 1.72 bits per heavy atom. The van der Waals surface area contributed by atoms with E-state index in [0.717, 1.165) is 11.0 Å². The average Bonchev–Trinajstić information content (AvgIpc) is 3.11. The van der Waals surface area contributed by atoms with Crippen molar-refractivity contribution >= 4 is 32.9 Å². The largest absolute Gasteiger partial charge is 0.310 e. The van der Waals surface area contributed by atoms with Crippen LogP contribution in [0.1, 0.15) is 19.8 Å². The first-order valence-electron chi connectivity index (χ1n) is 9.82. The molecule has 8 heteroatoms. The fraction of sp³-hybridized carbons (Fsp3) is 0.333. The molecule has 0 unspecified atom stereocenters. The number of piperidine rings is 1. The summed E-state index contributed by atoms with van der Waals surface area (Å²) >= 11 is 0. The van der Waals surface area contributed by atoms with E-state index in [0.29, 0.717) is 43.3 Å². The number of aryl methyl sites for hydroxylation is 1. The van der Waals surface area contributed by atoms with Gasteiger partial charge in [-0.05, 0) is 44.0 Å². The van der Waals surface area contributed by atoms with Crippen molar-refractivity contribution < 1.29 is 13.2 Å². The maximum Gasteiger partial charge on any atom is 0.243 e. The van der Waals surface area contributed by atoms with E-state index in [1.54, 1.807) is 30.3 Å². The second kappa shape index (κ2) is 7.96. The first-order valence-corrected chi connectivity index (χ1v) is 11.3. The van der Waals surface area contributed by atoms with E-state index in [4.69, 9.17) is 0 Å². The van der Waals surface area contributed by atoms with Crippen molar-refractivity contribution in [2.75, 3.05) is 18.4 Å². The Labute approximate surface area is 170 Å². The van der Waals surface area contributed by atoms with Crippen LogP contribution in [-0.2, 0) is 21.4 Å². The summed E-state index contributed by atoms with van der Waals surface area (Å²) in [7, 11) is -3.51. The SMILES string of the molecule is CCn1c(NC(=O)C2CCN(S(=O)(=O)c3ccccc3)CC2)nc2ccccc21. The average molecular weight is 413 g/mol. The number of hydrogen-bond donors (Lipinski definition) is 1. The van der Waals surface area contributed by atoms with Crippen LogP contribution in [0.5, 0.6) is 0 Å². The van der Waals surface area contributed by atoms with Gasteiger partial charge in [-0.25, -0.2) is 13.4 Å². The van der Waals surface area contributed by atoms with Crippen molar-refractivity contribution in [3.05, 3.63) is 54.6 Å². The fourth-order valence-electron chi connectivity index (χ4n) is 3.80. The fourth-order valence-corrected chi connectivity index (χ4v) is 5.29. The Bertz CT molecular complexity index is 1120. The molecule has 0 spiro atoms. The molecule has 4 rings (SSSR count). The highest BCUT2D eigenvalue weighted by Gasteiger charge is 2.32. The van der Waals surface area contributed by atoms with Gasteiger partial charge >= 0.3 is 0 Å². The van der Waals surface area contributed by atoms with Crippen molar-refractivity contribution in [2.24, 2.45) is 5.92 Å². The lowest BCUT2D eigenvalue weighted by Crippen LogP contribution is -2.41. The predicted octanol–water partition coefficient (Wildman–Crippen LogP) is 3.10. The van der Waals surface area contributed by atoms with Crippen LogP contribution in [0.2, 0.25) is 0 Å². The smallest absolute Gasteiger partial charge is 0.243 e. The van der Waals surface area contributed by atoms with Crippen LogP contribution in [0.25, 0.3) is 11.0 Å². The first kappa shape index (κ1) is 19.6. The second-order valence-corrected chi connectivity index (χ2v) is 9.09. The van der Waals surface area contributed by atoms with Gasteiger partial charge in [-0.3, -0.25) is 10.1 Å².